The summed E-state index contributed by atoms with van der Waals surface area (Å²) in [4.78, 5) is 36.6. The second kappa shape index (κ2) is 10.8. The molecular formula is C19H22N2O6S2. The topological polar surface area (TPSA) is 116 Å². The molecule has 29 heavy (non-hydrogen) atoms. The van der Waals surface area contributed by atoms with Crippen LogP contribution in [0.5, 0.6) is 11.5 Å². The normalized spacial score (nSPS) is 15.1. The summed E-state index contributed by atoms with van der Waals surface area (Å²) < 4.78 is 5.76. The second-order valence-corrected chi connectivity index (χ2v) is 7.77. The molecule has 1 aromatic rings. The summed E-state index contributed by atoms with van der Waals surface area (Å²) in [5, 5.41) is 20.8. The second-order valence-electron chi connectivity index (χ2n) is 6.09. The molecule has 1 heterocycles. The van der Waals surface area contributed by atoms with Crippen molar-refractivity contribution >= 4 is 52.2 Å². The van der Waals surface area contributed by atoms with Gasteiger partial charge in [0.15, 0.2) is 11.5 Å². The number of nitrogens with zero attached hydrogens (tertiary/aromatic N) is 1. The summed E-state index contributed by atoms with van der Waals surface area (Å²) in [6.07, 6.45) is 2.13. The summed E-state index contributed by atoms with van der Waals surface area (Å²) in [6, 6.07) is 4.82. The number of phenols is 1. The van der Waals surface area contributed by atoms with Gasteiger partial charge in [-0.1, -0.05) is 30.0 Å². The first-order valence-electron chi connectivity index (χ1n) is 9.01. The smallest absolute Gasteiger partial charge is 0.305 e. The van der Waals surface area contributed by atoms with Gasteiger partial charge in [-0.25, -0.2) is 0 Å². The molecular weight excluding hydrogens is 416 g/mol. The van der Waals surface area contributed by atoms with Gasteiger partial charge in [0.2, 0.25) is 5.91 Å². The van der Waals surface area contributed by atoms with Gasteiger partial charge in [0.1, 0.15) is 4.32 Å². The van der Waals surface area contributed by atoms with E-state index < -0.39 is 5.97 Å². The minimum atomic E-state index is -0.975. The largest absolute Gasteiger partial charge is 0.504 e. The molecule has 2 rings (SSSR count). The molecule has 0 aromatic heterocycles. The van der Waals surface area contributed by atoms with E-state index in [9.17, 15) is 19.5 Å². The molecule has 0 aliphatic carbocycles. The Bertz CT molecular complexity index is 840. The zero-order chi connectivity index (χ0) is 21.4. The van der Waals surface area contributed by atoms with Crippen molar-refractivity contribution in [2.45, 2.75) is 26.2 Å². The van der Waals surface area contributed by atoms with E-state index in [1.807, 2.05) is 6.92 Å². The van der Waals surface area contributed by atoms with Gasteiger partial charge in [-0.3, -0.25) is 19.3 Å². The Morgan fingerprint density at radius 1 is 1.34 bits per heavy atom. The number of aliphatic carboxylic acids is 1. The van der Waals surface area contributed by atoms with Crippen molar-refractivity contribution in [1.29, 1.82) is 0 Å². The number of nitrogens with one attached hydrogen (secondary N) is 1. The lowest BCUT2D eigenvalue weighted by Crippen LogP contribution is -2.31. The van der Waals surface area contributed by atoms with E-state index in [0.717, 1.165) is 0 Å². The van der Waals surface area contributed by atoms with Gasteiger partial charge in [0.25, 0.3) is 5.91 Å². The standard InChI is InChI=1S/C19H22N2O6S2/c1-2-27-14-10-12(5-6-13(14)22)11-15-18(26)21(19(28)29-15)9-3-4-16(23)20-8-7-17(24)25/h5-6,10-11,22H,2-4,7-9H2,1H3,(H,20,23)(H,24,25)/b15-11-. The highest BCUT2D eigenvalue weighted by Gasteiger charge is 2.31. The van der Waals surface area contributed by atoms with E-state index >= 15 is 0 Å². The highest BCUT2D eigenvalue weighted by atomic mass is 32.2. The van der Waals surface area contributed by atoms with Crippen LogP contribution in [0.1, 0.15) is 31.7 Å². The molecule has 2 amide bonds. The summed E-state index contributed by atoms with van der Waals surface area (Å²) in [7, 11) is 0. The summed E-state index contributed by atoms with van der Waals surface area (Å²) in [5.74, 6) is -1.11. The Morgan fingerprint density at radius 2 is 2.10 bits per heavy atom. The van der Waals surface area contributed by atoms with Gasteiger partial charge < -0.3 is 20.3 Å². The van der Waals surface area contributed by atoms with Gasteiger partial charge in [-0.05, 0) is 37.1 Å². The highest BCUT2D eigenvalue weighted by molar-refractivity contribution is 8.26. The van der Waals surface area contributed by atoms with Crippen molar-refractivity contribution in [2.75, 3.05) is 19.7 Å². The van der Waals surface area contributed by atoms with Gasteiger partial charge in [-0.2, -0.15) is 0 Å². The number of carboxylic acid groups (broad SMARTS) is 1. The maximum absolute atomic E-state index is 12.6. The zero-order valence-corrected chi connectivity index (χ0v) is 17.5. The van der Waals surface area contributed by atoms with Crippen molar-refractivity contribution in [3.63, 3.8) is 0 Å². The number of hydrogen-bond acceptors (Lipinski definition) is 7. The first kappa shape index (κ1) is 22.7. The first-order valence-corrected chi connectivity index (χ1v) is 10.2. The minimum absolute atomic E-state index is 0.0261. The van der Waals surface area contributed by atoms with E-state index in [4.69, 9.17) is 22.1 Å². The van der Waals surface area contributed by atoms with Crippen molar-refractivity contribution in [3.05, 3.63) is 28.7 Å². The molecule has 0 spiro atoms. The van der Waals surface area contributed by atoms with E-state index in [-0.39, 0.29) is 37.0 Å². The predicted molar refractivity (Wildman–Crippen MR) is 114 cm³/mol. The number of thiocarbonyl (C=S) groups is 1. The van der Waals surface area contributed by atoms with Crippen LogP contribution in [0.15, 0.2) is 23.1 Å². The van der Waals surface area contributed by atoms with Crippen LogP contribution in [0.25, 0.3) is 6.08 Å². The molecule has 1 aliphatic heterocycles. The van der Waals surface area contributed by atoms with E-state index in [1.54, 1.807) is 18.2 Å². The van der Waals surface area contributed by atoms with Gasteiger partial charge in [-0.15, -0.1) is 0 Å². The number of rotatable bonds is 10. The molecule has 0 unspecified atom stereocenters. The lowest BCUT2D eigenvalue weighted by molar-refractivity contribution is -0.137. The third-order valence-electron chi connectivity index (χ3n) is 3.90. The minimum Gasteiger partial charge on any atom is -0.504 e. The summed E-state index contributed by atoms with van der Waals surface area (Å²) >= 11 is 6.45. The molecule has 0 bridgehead atoms. The molecule has 0 atom stereocenters. The van der Waals surface area contributed by atoms with Crippen LogP contribution in [0.2, 0.25) is 0 Å². The average molecular weight is 439 g/mol. The molecule has 10 heteroatoms. The predicted octanol–water partition coefficient (Wildman–Crippen LogP) is 2.36. The number of hydrogen-bond donors (Lipinski definition) is 3. The van der Waals surface area contributed by atoms with Crippen LogP contribution in [0.3, 0.4) is 0 Å². The lowest BCUT2D eigenvalue weighted by Gasteiger charge is -2.14. The van der Waals surface area contributed by atoms with Gasteiger partial charge >= 0.3 is 5.97 Å². The number of phenolic OH excluding ortho intramolecular Hbond substituents is 1. The monoisotopic (exact) mass is 438 g/mol. The summed E-state index contributed by atoms with van der Waals surface area (Å²) in [5.41, 5.74) is 0.699. The quantitative estimate of drug-likeness (QED) is 0.377. The fourth-order valence-electron chi connectivity index (χ4n) is 2.53. The van der Waals surface area contributed by atoms with Crippen molar-refractivity contribution < 1.29 is 29.3 Å². The fourth-order valence-corrected chi connectivity index (χ4v) is 3.84. The Balaban J connectivity index is 1.92. The van der Waals surface area contributed by atoms with E-state index in [0.29, 0.717) is 40.1 Å². The van der Waals surface area contributed by atoms with Crippen molar-refractivity contribution in [3.8, 4) is 11.5 Å². The van der Waals surface area contributed by atoms with Crippen LogP contribution < -0.4 is 10.1 Å². The third kappa shape index (κ3) is 6.75. The number of aromatic hydroxyl groups is 1. The number of carboxylic acids is 1. The maximum atomic E-state index is 12.6. The number of ether oxygens (including phenoxy) is 1. The van der Waals surface area contributed by atoms with Crippen LogP contribution in [-0.4, -0.2) is 56.9 Å². The Hall–Kier alpha value is -2.59. The molecule has 1 aromatic carbocycles. The van der Waals surface area contributed by atoms with Crippen molar-refractivity contribution in [2.24, 2.45) is 0 Å². The first-order chi connectivity index (χ1) is 13.8. The number of thioether (sulfide) groups is 1. The van der Waals surface area contributed by atoms with Crippen LogP contribution in [0.4, 0.5) is 0 Å². The number of amides is 2. The highest BCUT2D eigenvalue weighted by Crippen LogP contribution is 2.34. The van der Waals surface area contributed by atoms with Crippen LogP contribution in [0, 0.1) is 0 Å². The molecule has 3 N–H and O–H groups in total. The van der Waals surface area contributed by atoms with Gasteiger partial charge in [0, 0.05) is 19.5 Å². The third-order valence-corrected chi connectivity index (χ3v) is 5.28. The molecule has 1 saturated heterocycles. The molecule has 1 fully saturated rings. The molecule has 1 aliphatic rings. The average Bonchev–Trinajstić information content (AvgIpc) is 2.91. The fraction of sp³-hybridized carbons (Fsp3) is 0.368. The Labute approximate surface area is 177 Å². The number of carbonyl (C=O) groups is 3. The van der Waals surface area contributed by atoms with Gasteiger partial charge in [0.05, 0.1) is 17.9 Å². The molecule has 0 saturated carbocycles. The molecule has 8 nitrogen and oxygen atoms in total. The maximum Gasteiger partial charge on any atom is 0.305 e. The van der Waals surface area contributed by atoms with Crippen LogP contribution in [-0.2, 0) is 14.4 Å². The van der Waals surface area contributed by atoms with Crippen molar-refractivity contribution in [1.82, 2.24) is 10.2 Å². The Kier molecular flexibility index (Phi) is 8.47. The molecule has 0 radical (unpaired) electrons. The SMILES string of the molecule is CCOc1cc(/C=C2\SC(=S)N(CCCC(=O)NCCC(=O)O)C2=O)ccc1O. The van der Waals surface area contributed by atoms with Crippen LogP contribution >= 0.6 is 24.0 Å². The lowest BCUT2D eigenvalue weighted by atomic mass is 10.2. The number of carbonyl (C=O) groups excluding carboxylic acids is 2. The van der Waals surface area contributed by atoms with E-state index in [2.05, 4.69) is 5.32 Å². The molecule has 156 valence electrons. The summed E-state index contributed by atoms with van der Waals surface area (Å²) in [6.45, 7) is 2.59. The number of benzene rings is 1. The zero-order valence-electron chi connectivity index (χ0n) is 15.8. The van der Waals surface area contributed by atoms with E-state index in [1.165, 1.54) is 22.7 Å². The Morgan fingerprint density at radius 3 is 2.79 bits per heavy atom.